The summed E-state index contributed by atoms with van der Waals surface area (Å²) in [5, 5.41) is 3.49. The second kappa shape index (κ2) is 3.67. The number of thiazole rings is 1. The molecule has 0 saturated heterocycles. The minimum Gasteiger partial charge on any atom is -0.326 e. The summed E-state index contributed by atoms with van der Waals surface area (Å²) in [7, 11) is 0. The van der Waals surface area contributed by atoms with E-state index in [0.717, 1.165) is 23.4 Å². The highest BCUT2D eigenvalue weighted by Gasteiger charge is 2.30. The number of nitrogens with two attached hydrogens (primary N) is 1. The number of nitrogens with one attached hydrogen (secondary N) is 1. The van der Waals surface area contributed by atoms with Crippen LogP contribution in [0.5, 0.6) is 0 Å². The van der Waals surface area contributed by atoms with Gasteiger partial charge in [0.05, 0.1) is 5.69 Å². The van der Waals surface area contributed by atoms with Gasteiger partial charge in [-0.25, -0.2) is 4.98 Å². The van der Waals surface area contributed by atoms with Gasteiger partial charge in [0.2, 0.25) is 5.91 Å². The van der Waals surface area contributed by atoms with Crippen LogP contribution in [0.25, 0.3) is 0 Å². The zero-order chi connectivity index (χ0) is 10.1. The van der Waals surface area contributed by atoms with Crippen LogP contribution in [0.15, 0.2) is 0 Å². The summed E-state index contributed by atoms with van der Waals surface area (Å²) < 4.78 is 0. The largest absolute Gasteiger partial charge is 0.326 e. The lowest BCUT2D eigenvalue weighted by Gasteiger charge is -1.97. The number of anilines is 1. The van der Waals surface area contributed by atoms with Crippen molar-refractivity contribution >= 4 is 22.4 Å². The zero-order valence-electron chi connectivity index (χ0n) is 8.04. The molecule has 0 spiro atoms. The van der Waals surface area contributed by atoms with E-state index in [0.29, 0.717) is 11.7 Å². The van der Waals surface area contributed by atoms with E-state index in [4.69, 9.17) is 5.73 Å². The Morgan fingerprint density at radius 2 is 2.43 bits per heavy atom. The van der Waals surface area contributed by atoms with E-state index in [1.54, 1.807) is 0 Å². The zero-order valence-corrected chi connectivity index (χ0v) is 8.86. The fourth-order valence-electron chi connectivity index (χ4n) is 1.22. The molecule has 1 fully saturated rings. The first-order valence-corrected chi connectivity index (χ1v) is 5.49. The van der Waals surface area contributed by atoms with Gasteiger partial charge in [-0.05, 0) is 19.8 Å². The molecule has 1 amide bonds. The monoisotopic (exact) mass is 211 g/mol. The minimum absolute atomic E-state index is 0.0994. The summed E-state index contributed by atoms with van der Waals surface area (Å²) in [6.07, 6.45) is 2.03. The van der Waals surface area contributed by atoms with Crippen LogP contribution in [0.1, 0.15) is 23.4 Å². The molecule has 1 aliphatic carbocycles. The van der Waals surface area contributed by atoms with Gasteiger partial charge < -0.3 is 11.1 Å². The first kappa shape index (κ1) is 9.61. The maximum absolute atomic E-state index is 11.4. The molecule has 1 aromatic rings. The quantitative estimate of drug-likeness (QED) is 0.790. The predicted molar refractivity (Wildman–Crippen MR) is 56.1 cm³/mol. The summed E-state index contributed by atoms with van der Waals surface area (Å²) in [5.74, 6) is 0.322. The number of hydrogen-bond acceptors (Lipinski definition) is 4. The second-order valence-electron chi connectivity index (χ2n) is 3.50. The van der Waals surface area contributed by atoms with Crippen molar-refractivity contribution in [3.8, 4) is 0 Å². The smallest absolute Gasteiger partial charge is 0.229 e. The van der Waals surface area contributed by atoms with E-state index in [1.165, 1.54) is 11.3 Å². The van der Waals surface area contributed by atoms with Crippen molar-refractivity contribution in [3.63, 3.8) is 0 Å². The van der Waals surface area contributed by atoms with Gasteiger partial charge in [-0.15, -0.1) is 11.3 Å². The van der Waals surface area contributed by atoms with Crippen molar-refractivity contribution in [2.75, 3.05) is 5.32 Å². The normalized spacial score (nSPS) is 15.6. The number of carbonyl (C=O) groups excluding carboxylic acids is 1. The fourth-order valence-corrected chi connectivity index (χ4v) is 2.07. The van der Waals surface area contributed by atoms with Crippen LogP contribution < -0.4 is 11.1 Å². The van der Waals surface area contributed by atoms with Gasteiger partial charge in [-0.3, -0.25) is 4.79 Å². The third-order valence-electron chi connectivity index (χ3n) is 2.26. The van der Waals surface area contributed by atoms with Gasteiger partial charge in [0.1, 0.15) is 0 Å². The summed E-state index contributed by atoms with van der Waals surface area (Å²) in [6.45, 7) is 2.40. The van der Waals surface area contributed by atoms with Crippen molar-refractivity contribution in [1.82, 2.24) is 4.98 Å². The first-order valence-electron chi connectivity index (χ1n) is 4.68. The molecule has 1 heterocycles. The summed E-state index contributed by atoms with van der Waals surface area (Å²) >= 11 is 1.46. The number of nitrogens with zero attached hydrogens (tertiary/aromatic N) is 1. The average Bonchev–Trinajstić information content (AvgIpc) is 2.92. The Labute approximate surface area is 86.5 Å². The fraction of sp³-hybridized carbons (Fsp3) is 0.556. The lowest BCUT2D eigenvalue weighted by Crippen LogP contribution is -2.12. The molecule has 1 saturated carbocycles. The Morgan fingerprint density at radius 1 is 1.71 bits per heavy atom. The number of hydrogen-bond donors (Lipinski definition) is 2. The third-order valence-corrected chi connectivity index (χ3v) is 3.35. The standard InChI is InChI=1S/C9H13N3OS/c1-5-7(4-10)14-9(11-5)12-8(13)6-2-3-6/h6H,2-4,10H2,1H3,(H,11,12,13). The second-order valence-corrected chi connectivity index (χ2v) is 4.58. The van der Waals surface area contributed by atoms with Crippen LogP contribution >= 0.6 is 11.3 Å². The van der Waals surface area contributed by atoms with Crippen molar-refractivity contribution in [2.24, 2.45) is 11.7 Å². The van der Waals surface area contributed by atoms with Crippen molar-refractivity contribution in [2.45, 2.75) is 26.3 Å². The number of amides is 1. The SMILES string of the molecule is Cc1nc(NC(=O)C2CC2)sc1CN. The van der Waals surface area contributed by atoms with Crippen LogP contribution in [0, 0.1) is 12.8 Å². The molecule has 0 bridgehead atoms. The molecule has 4 nitrogen and oxygen atoms in total. The lowest BCUT2D eigenvalue weighted by molar-refractivity contribution is -0.117. The summed E-state index contributed by atoms with van der Waals surface area (Å²) in [6, 6.07) is 0. The highest BCUT2D eigenvalue weighted by Crippen LogP contribution is 2.31. The molecular formula is C9H13N3OS. The van der Waals surface area contributed by atoms with Crippen molar-refractivity contribution < 1.29 is 4.79 Å². The maximum atomic E-state index is 11.4. The van der Waals surface area contributed by atoms with Crippen LogP contribution in [0.4, 0.5) is 5.13 Å². The molecule has 0 unspecified atom stereocenters. The highest BCUT2D eigenvalue weighted by atomic mass is 32.1. The van der Waals surface area contributed by atoms with Gasteiger partial charge in [0.15, 0.2) is 5.13 Å². The van der Waals surface area contributed by atoms with Crippen LogP contribution in [-0.2, 0) is 11.3 Å². The Hall–Kier alpha value is -0.940. The van der Waals surface area contributed by atoms with E-state index in [1.807, 2.05) is 6.92 Å². The molecule has 76 valence electrons. The van der Waals surface area contributed by atoms with Crippen molar-refractivity contribution in [3.05, 3.63) is 10.6 Å². The molecule has 0 atom stereocenters. The van der Waals surface area contributed by atoms with Gasteiger partial charge in [-0.1, -0.05) is 0 Å². The molecule has 5 heteroatoms. The lowest BCUT2D eigenvalue weighted by atomic mass is 10.4. The molecule has 0 aromatic carbocycles. The minimum atomic E-state index is 0.0994. The van der Waals surface area contributed by atoms with Gasteiger partial charge in [0.25, 0.3) is 0 Å². The Morgan fingerprint density at radius 3 is 2.93 bits per heavy atom. The van der Waals surface area contributed by atoms with Gasteiger partial charge >= 0.3 is 0 Å². The van der Waals surface area contributed by atoms with Crippen LogP contribution in [-0.4, -0.2) is 10.9 Å². The van der Waals surface area contributed by atoms with E-state index >= 15 is 0 Å². The molecule has 14 heavy (non-hydrogen) atoms. The highest BCUT2D eigenvalue weighted by molar-refractivity contribution is 7.15. The van der Waals surface area contributed by atoms with Crippen molar-refractivity contribution in [1.29, 1.82) is 0 Å². The van der Waals surface area contributed by atoms with E-state index in [2.05, 4.69) is 10.3 Å². The molecular weight excluding hydrogens is 198 g/mol. The van der Waals surface area contributed by atoms with E-state index in [-0.39, 0.29) is 11.8 Å². The number of aromatic nitrogens is 1. The topological polar surface area (TPSA) is 68.0 Å². The molecule has 2 rings (SSSR count). The first-order chi connectivity index (χ1) is 6.70. The average molecular weight is 211 g/mol. The summed E-state index contributed by atoms with van der Waals surface area (Å²) in [5.41, 5.74) is 6.44. The number of aryl methyl sites for hydroxylation is 1. The molecule has 0 radical (unpaired) electrons. The molecule has 1 aliphatic rings. The van der Waals surface area contributed by atoms with E-state index < -0.39 is 0 Å². The maximum Gasteiger partial charge on any atom is 0.229 e. The number of rotatable bonds is 3. The van der Waals surface area contributed by atoms with E-state index in [9.17, 15) is 4.79 Å². The van der Waals surface area contributed by atoms with Gasteiger partial charge in [-0.2, -0.15) is 0 Å². The number of carbonyl (C=O) groups is 1. The predicted octanol–water partition coefficient (Wildman–Crippen LogP) is 1.26. The Bertz CT molecular complexity index is 357. The molecule has 3 N–H and O–H groups in total. The summed E-state index contributed by atoms with van der Waals surface area (Å²) in [4.78, 5) is 16.7. The Kier molecular flexibility index (Phi) is 2.52. The van der Waals surface area contributed by atoms with Crippen LogP contribution in [0.3, 0.4) is 0 Å². The molecule has 0 aliphatic heterocycles. The van der Waals surface area contributed by atoms with Gasteiger partial charge in [0, 0.05) is 17.3 Å². The Balaban J connectivity index is 2.04. The van der Waals surface area contributed by atoms with Crippen LogP contribution in [0.2, 0.25) is 0 Å². The molecule has 1 aromatic heterocycles. The third kappa shape index (κ3) is 1.93.